The lowest BCUT2D eigenvalue weighted by Gasteiger charge is -2.02. The van der Waals surface area contributed by atoms with Crippen molar-refractivity contribution in [2.75, 3.05) is 11.6 Å². The molecule has 0 N–H and O–H groups in total. The molecule has 14 heavy (non-hydrogen) atoms. The summed E-state index contributed by atoms with van der Waals surface area (Å²) in [5, 5.41) is 2.08. The number of aromatic nitrogens is 2. The van der Waals surface area contributed by atoms with Crippen molar-refractivity contribution >= 4 is 57.0 Å². The van der Waals surface area contributed by atoms with Crippen molar-refractivity contribution in [2.24, 2.45) is 0 Å². The number of halogens is 3. The maximum Gasteiger partial charge on any atom is 0.190 e. The van der Waals surface area contributed by atoms with E-state index in [1.54, 1.807) is 6.08 Å². The molecular weight excluding hydrogens is 307 g/mol. The summed E-state index contributed by atoms with van der Waals surface area (Å²) in [5.74, 6) is 0. The highest BCUT2D eigenvalue weighted by molar-refractivity contribution is 9.09. The molecule has 0 amide bonds. The van der Waals surface area contributed by atoms with E-state index in [1.165, 1.54) is 11.8 Å². The van der Waals surface area contributed by atoms with Gasteiger partial charge >= 0.3 is 0 Å². The summed E-state index contributed by atoms with van der Waals surface area (Å²) < 4.78 is 0. The van der Waals surface area contributed by atoms with E-state index in [0.29, 0.717) is 21.0 Å². The third-order valence-electron chi connectivity index (χ3n) is 1.39. The number of nitrogens with zero attached hydrogens (tertiary/aromatic N) is 2. The van der Waals surface area contributed by atoms with Crippen LogP contribution in [0.1, 0.15) is 5.56 Å². The minimum absolute atomic E-state index is 0.381. The van der Waals surface area contributed by atoms with E-state index in [2.05, 4.69) is 25.9 Å². The van der Waals surface area contributed by atoms with Gasteiger partial charge in [-0.05, 0) is 6.26 Å². The summed E-state index contributed by atoms with van der Waals surface area (Å²) in [4.78, 5) is 8.14. The molecule has 1 heterocycles. The minimum atomic E-state index is 0.381. The summed E-state index contributed by atoms with van der Waals surface area (Å²) in [6.45, 7) is 0. The van der Waals surface area contributed by atoms with Gasteiger partial charge in [-0.1, -0.05) is 63.0 Å². The summed E-state index contributed by atoms with van der Waals surface area (Å²) in [6.07, 6.45) is 5.55. The largest absolute Gasteiger partial charge is 0.210 e. The fraction of sp³-hybridized carbons (Fsp3) is 0.250. The van der Waals surface area contributed by atoms with Gasteiger partial charge in [0.2, 0.25) is 0 Å². The second kappa shape index (κ2) is 5.95. The SMILES string of the molecule is CSc1nc(Cl)c(C=CCBr)c(Cl)n1. The van der Waals surface area contributed by atoms with Crippen LogP contribution in [0.15, 0.2) is 11.2 Å². The van der Waals surface area contributed by atoms with Crippen molar-refractivity contribution in [3.05, 3.63) is 21.9 Å². The van der Waals surface area contributed by atoms with Crippen LogP contribution in [0.4, 0.5) is 0 Å². The number of thioether (sulfide) groups is 1. The van der Waals surface area contributed by atoms with Gasteiger partial charge in [0.25, 0.3) is 0 Å². The standard InChI is InChI=1S/C8H7BrCl2N2S/c1-14-8-12-6(10)5(3-2-4-9)7(11)13-8/h2-3H,4H2,1H3. The molecule has 1 rings (SSSR count). The number of hydrogen-bond acceptors (Lipinski definition) is 3. The van der Waals surface area contributed by atoms with Crippen LogP contribution in [0.5, 0.6) is 0 Å². The molecule has 1 aromatic heterocycles. The topological polar surface area (TPSA) is 25.8 Å². The summed E-state index contributed by atoms with van der Waals surface area (Å²) >= 11 is 16.5. The van der Waals surface area contributed by atoms with Gasteiger partial charge in [0, 0.05) is 10.9 Å². The predicted octanol–water partition coefficient (Wildman–Crippen LogP) is 3.91. The normalized spacial score (nSPS) is 11.1. The molecule has 0 saturated heterocycles. The highest BCUT2D eigenvalue weighted by atomic mass is 79.9. The zero-order valence-corrected chi connectivity index (χ0v) is 11.2. The quantitative estimate of drug-likeness (QED) is 0.366. The van der Waals surface area contributed by atoms with Gasteiger partial charge in [-0.3, -0.25) is 0 Å². The Morgan fingerprint density at radius 1 is 1.36 bits per heavy atom. The van der Waals surface area contributed by atoms with E-state index in [9.17, 15) is 0 Å². The van der Waals surface area contributed by atoms with Crippen LogP contribution >= 0.6 is 50.9 Å². The lowest BCUT2D eigenvalue weighted by molar-refractivity contribution is 0.967. The monoisotopic (exact) mass is 312 g/mol. The van der Waals surface area contributed by atoms with E-state index in [0.717, 1.165) is 5.33 Å². The van der Waals surface area contributed by atoms with E-state index in [4.69, 9.17) is 23.2 Å². The van der Waals surface area contributed by atoms with Crippen LogP contribution in [-0.4, -0.2) is 21.6 Å². The molecule has 0 unspecified atom stereocenters. The van der Waals surface area contributed by atoms with Crippen LogP contribution in [0.25, 0.3) is 6.08 Å². The highest BCUT2D eigenvalue weighted by Crippen LogP contribution is 2.25. The second-order valence-electron chi connectivity index (χ2n) is 2.26. The van der Waals surface area contributed by atoms with Gasteiger partial charge in [0.15, 0.2) is 5.16 Å². The first-order chi connectivity index (χ1) is 6.69. The van der Waals surface area contributed by atoms with Gasteiger partial charge < -0.3 is 0 Å². The maximum atomic E-state index is 5.93. The Kier molecular flexibility index (Phi) is 5.23. The smallest absolute Gasteiger partial charge is 0.190 e. The summed E-state index contributed by atoms with van der Waals surface area (Å²) in [5.41, 5.74) is 0.658. The van der Waals surface area contributed by atoms with Crippen molar-refractivity contribution < 1.29 is 0 Å². The maximum absolute atomic E-state index is 5.93. The Bertz CT molecular complexity index is 334. The van der Waals surface area contributed by atoms with Gasteiger partial charge in [0.05, 0.1) is 0 Å². The summed E-state index contributed by atoms with van der Waals surface area (Å²) in [6, 6.07) is 0. The molecule has 0 aliphatic rings. The molecule has 0 bridgehead atoms. The first-order valence-electron chi connectivity index (χ1n) is 3.68. The Morgan fingerprint density at radius 2 is 1.93 bits per heavy atom. The van der Waals surface area contributed by atoms with Gasteiger partial charge in [0.1, 0.15) is 10.3 Å². The number of hydrogen-bond donors (Lipinski definition) is 0. The molecule has 0 atom stereocenters. The van der Waals surface area contributed by atoms with E-state index < -0.39 is 0 Å². The van der Waals surface area contributed by atoms with Crippen LogP contribution in [0.2, 0.25) is 10.3 Å². The third-order valence-corrected chi connectivity index (χ3v) is 2.89. The Balaban J connectivity index is 3.11. The fourth-order valence-corrected chi connectivity index (χ4v) is 1.96. The molecule has 0 aliphatic carbocycles. The van der Waals surface area contributed by atoms with Crippen molar-refractivity contribution in [3.63, 3.8) is 0 Å². The fourth-order valence-electron chi connectivity index (χ4n) is 0.790. The molecular formula is C8H7BrCl2N2S. The van der Waals surface area contributed by atoms with Gasteiger partial charge in [-0.25, -0.2) is 9.97 Å². The highest BCUT2D eigenvalue weighted by Gasteiger charge is 2.07. The first kappa shape index (κ1) is 12.3. The van der Waals surface area contributed by atoms with E-state index >= 15 is 0 Å². The average molecular weight is 314 g/mol. The number of alkyl halides is 1. The minimum Gasteiger partial charge on any atom is -0.210 e. The number of allylic oxidation sites excluding steroid dienone is 1. The lowest BCUT2D eigenvalue weighted by atomic mass is 10.3. The number of rotatable bonds is 3. The molecule has 2 nitrogen and oxygen atoms in total. The predicted molar refractivity (Wildman–Crippen MR) is 66.7 cm³/mol. The zero-order chi connectivity index (χ0) is 10.6. The molecule has 0 spiro atoms. The van der Waals surface area contributed by atoms with Gasteiger partial charge in [-0.2, -0.15) is 0 Å². The first-order valence-corrected chi connectivity index (χ1v) is 6.78. The van der Waals surface area contributed by atoms with Crippen LogP contribution in [0.3, 0.4) is 0 Å². The Morgan fingerprint density at radius 3 is 2.36 bits per heavy atom. The van der Waals surface area contributed by atoms with E-state index in [1.807, 2.05) is 12.3 Å². The summed E-state index contributed by atoms with van der Waals surface area (Å²) in [7, 11) is 0. The molecule has 6 heteroatoms. The van der Waals surface area contributed by atoms with Gasteiger partial charge in [-0.15, -0.1) is 0 Å². The lowest BCUT2D eigenvalue weighted by Crippen LogP contribution is -1.91. The molecule has 0 aliphatic heterocycles. The molecule has 76 valence electrons. The zero-order valence-electron chi connectivity index (χ0n) is 7.30. The van der Waals surface area contributed by atoms with Crippen molar-refractivity contribution in [3.8, 4) is 0 Å². The van der Waals surface area contributed by atoms with Crippen LogP contribution in [0, 0.1) is 0 Å². The van der Waals surface area contributed by atoms with Crippen molar-refractivity contribution in [1.82, 2.24) is 9.97 Å². The van der Waals surface area contributed by atoms with Crippen molar-refractivity contribution in [2.45, 2.75) is 5.16 Å². The Labute approximate surface area is 105 Å². The van der Waals surface area contributed by atoms with Crippen molar-refractivity contribution in [1.29, 1.82) is 0 Å². The molecule has 0 fully saturated rings. The molecule has 0 saturated carbocycles. The third kappa shape index (κ3) is 3.12. The second-order valence-corrected chi connectivity index (χ2v) is 4.40. The Hall–Kier alpha value is 0.230. The molecule has 0 radical (unpaired) electrons. The van der Waals surface area contributed by atoms with Crippen LogP contribution in [-0.2, 0) is 0 Å². The van der Waals surface area contributed by atoms with Crippen LogP contribution < -0.4 is 0 Å². The van der Waals surface area contributed by atoms with E-state index in [-0.39, 0.29) is 0 Å². The molecule has 0 aromatic carbocycles. The molecule has 1 aromatic rings. The average Bonchev–Trinajstić information content (AvgIpc) is 2.16.